The quantitative estimate of drug-likeness (QED) is 0.235. The van der Waals surface area contributed by atoms with E-state index < -0.39 is 0 Å². The lowest BCUT2D eigenvalue weighted by Crippen LogP contribution is -2.37. The molecule has 1 saturated heterocycles. The summed E-state index contributed by atoms with van der Waals surface area (Å²) in [5.41, 5.74) is 6.39. The number of morpholine rings is 1. The van der Waals surface area contributed by atoms with Crippen LogP contribution in [0.25, 0.3) is 32.9 Å². The molecule has 0 bridgehead atoms. The first-order valence-corrected chi connectivity index (χ1v) is 13.4. The third kappa shape index (κ3) is 5.41. The molecule has 1 aliphatic heterocycles. The van der Waals surface area contributed by atoms with Gasteiger partial charge in [-0.3, -0.25) is 9.59 Å². The van der Waals surface area contributed by atoms with Gasteiger partial charge in [-0.05, 0) is 66.1 Å². The molecule has 6 rings (SSSR count). The normalized spacial score (nSPS) is 13.6. The number of nitrogens with one attached hydrogen (secondary N) is 4. The van der Waals surface area contributed by atoms with Gasteiger partial charge in [0, 0.05) is 70.6 Å². The minimum atomic E-state index is -0.321. The van der Waals surface area contributed by atoms with Crippen LogP contribution in [-0.2, 0) is 16.0 Å². The number of ether oxygens (including phenoxy) is 1. The fraction of sp³-hybridized carbons (Fsp3) is 0.226. The summed E-state index contributed by atoms with van der Waals surface area (Å²) in [5, 5.41) is 7.27. The van der Waals surface area contributed by atoms with Gasteiger partial charge >= 0.3 is 0 Å². The Bertz CT molecular complexity index is 1690. The smallest absolute Gasteiger partial charge is 0.251 e. The highest BCUT2D eigenvalue weighted by Gasteiger charge is 2.15. The van der Waals surface area contributed by atoms with Crippen LogP contribution in [0.5, 0.6) is 0 Å². The lowest BCUT2D eigenvalue weighted by Gasteiger charge is -2.29. The molecule has 3 aromatic carbocycles. The van der Waals surface area contributed by atoms with Crippen molar-refractivity contribution in [1.82, 2.24) is 20.6 Å². The lowest BCUT2D eigenvalue weighted by molar-refractivity contribution is -0.120. The monoisotopic (exact) mass is 539 g/mol. The van der Waals surface area contributed by atoms with Crippen LogP contribution in [0.2, 0.25) is 0 Å². The first-order valence-electron chi connectivity index (χ1n) is 13.4. The Labute approximate surface area is 230 Å². The number of benzene rings is 3. The number of carbonyl (C=O) groups is 2. The number of fused-ring (bicyclic) bond motifs is 2. The van der Waals surface area contributed by atoms with E-state index in [4.69, 9.17) is 4.74 Å². The number of anilines is 1. The molecule has 5 aromatic rings. The molecule has 3 heterocycles. The maximum absolute atomic E-state index is 13.6. The Hall–Kier alpha value is -4.63. The molecular formula is C31H30FN5O3. The molecule has 0 atom stereocenters. The Balaban J connectivity index is 1.08. The maximum Gasteiger partial charge on any atom is 0.251 e. The summed E-state index contributed by atoms with van der Waals surface area (Å²) in [7, 11) is 0. The van der Waals surface area contributed by atoms with E-state index in [1.54, 1.807) is 12.1 Å². The average Bonchev–Trinajstić information content (AvgIpc) is 3.60. The fourth-order valence-corrected chi connectivity index (χ4v) is 5.21. The molecular weight excluding hydrogens is 509 g/mol. The summed E-state index contributed by atoms with van der Waals surface area (Å²) >= 11 is 0. The van der Waals surface area contributed by atoms with Crippen molar-refractivity contribution >= 4 is 39.3 Å². The van der Waals surface area contributed by atoms with Crippen molar-refractivity contribution in [2.75, 3.05) is 44.3 Å². The van der Waals surface area contributed by atoms with E-state index in [9.17, 15) is 14.0 Å². The fourth-order valence-electron chi connectivity index (χ4n) is 5.21. The molecule has 2 aromatic heterocycles. The second-order valence-electron chi connectivity index (χ2n) is 9.90. The second kappa shape index (κ2) is 11.2. The number of H-pyrrole nitrogens is 2. The van der Waals surface area contributed by atoms with Gasteiger partial charge in [-0.1, -0.05) is 12.1 Å². The van der Waals surface area contributed by atoms with Crippen molar-refractivity contribution in [2.24, 2.45) is 0 Å². The Morgan fingerprint density at radius 1 is 0.900 bits per heavy atom. The van der Waals surface area contributed by atoms with Crippen LogP contribution in [0, 0.1) is 5.82 Å². The van der Waals surface area contributed by atoms with E-state index in [0.29, 0.717) is 18.5 Å². The standard InChI is InChI=1S/C31H30FN5O3/c32-23-5-7-28-25(16-23)22(17-34-28)8-9-33-30(38)19-36-31(39)21-4-6-29-26(15-21)27(18-35-29)20-2-1-3-24(14-20)37-10-12-40-13-11-37/h1-7,14-18,34-35H,8-13,19H2,(H,33,38)(H,36,39). The molecule has 0 unspecified atom stereocenters. The number of halogens is 1. The Morgan fingerprint density at radius 2 is 1.70 bits per heavy atom. The van der Waals surface area contributed by atoms with Crippen LogP contribution in [0.4, 0.5) is 10.1 Å². The van der Waals surface area contributed by atoms with E-state index in [2.05, 4.69) is 43.7 Å². The van der Waals surface area contributed by atoms with Gasteiger partial charge in [0.15, 0.2) is 0 Å². The largest absolute Gasteiger partial charge is 0.378 e. The van der Waals surface area contributed by atoms with Crippen molar-refractivity contribution in [2.45, 2.75) is 6.42 Å². The van der Waals surface area contributed by atoms with Crippen LogP contribution < -0.4 is 15.5 Å². The summed E-state index contributed by atoms with van der Waals surface area (Å²) in [6.07, 6.45) is 4.32. The van der Waals surface area contributed by atoms with Crippen LogP contribution in [-0.4, -0.2) is 61.2 Å². The van der Waals surface area contributed by atoms with Gasteiger partial charge in [0.2, 0.25) is 5.91 Å². The predicted octanol–water partition coefficient (Wildman–Crippen LogP) is 4.38. The molecule has 1 fully saturated rings. The summed E-state index contributed by atoms with van der Waals surface area (Å²) < 4.78 is 19.1. The Kier molecular flexibility index (Phi) is 7.20. The first-order chi connectivity index (χ1) is 19.5. The zero-order valence-electron chi connectivity index (χ0n) is 21.9. The Morgan fingerprint density at radius 3 is 2.58 bits per heavy atom. The summed E-state index contributed by atoms with van der Waals surface area (Å²) in [5.74, 6) is -0.910. The van der Waals surface area contributed by atoms with E-state index in [0.717, 1.165) is 70.5 Å². The number of amides is 2. The SMILES string of the molecule is O=C(CNC(=O)c1ccc2[nH]cc(-c3cccc(N4CCOCC4)c3)c2c1)NCCc1c[nH]c2ccc(F)cc12. The third-order valence-electron chi connectivity index (χ3n) is 7.33. The topological polar surface area (TPSA) is 102 Å². The number of aromatic nitrogens is 2. The summed E-state index contributed by atoms with van der Waals surface area (Å²) in [6, 6.07) is 18.4. The molecule has 4 N–H and O–H groups in total. The predicted molar refractivity (Wildman–Crippen MR) is 154 cm³/mol. The van der Waals surface area contributed by atoms with Gasteiger partial charge in [-0.25, -0.2) is 4.39 Å². The average molecular weight is 540 g/mol. The van der Waals surface area contributed by atoms with Crippen LogP contribution >= 0.6 is 0 Å². The van der Waals surface area contributed by atoms with Gasteiger partial charge in [-0.15, -0.1) is 0 Å². The first kappa shape index (κ1) is 25.6. The van der Waals surface area contributed by atoms with Gasteiger partial charge in [0.05, 0.1) is 19.8 Å². The number of aromatic amines is 2. The maximum atomic E-state index is 13.6. The van der Waals surface area contributed by atoms with Crippen LogP contribution in [0.1, 0.15) is 15.9 Å². The van der Waals surface area contributed by atoms with E-state index in [1.807, 2.05) is 30.6 Å². The molecule has 0 radical (unpaired) electrons. The lowest BCUT2D eigenvalue weighted by atomic mass is 10.0. The molecule has 0 aliphatic carbocycles. The third-order valence-corrected chi connectivity index (χ3v) is 7.33. The zero-order chi connectivity index (χ0) is 27.5. The molecule has 204 valence electrons. The van der Waals surface area contributed by atoms with Gasteiger partial charge < -0.3 is 30.2 Å². The number of hydrogen-bond acceptors (Lipinski definition) is 4. The van der Waals surface area contributed by atoms with Crippen LogP contribution in [0.15, 0.2) is 73.1 Å². The molecule has 0 spiro atoms. The molecule has 1 aliphatic rings. The summed E-state index contributed by atoms with van der Waals surface area (Å²) in [6.45, 7) is 3.40. The number of nitrogens with zero attached hydrogens (tertiary/aromatic N) is 1. The van der Waals surface area contributed by atoms with Crippen molar-refractivity contribution in [3.63, 3.8) is 0 Å². The van der Waals surface area contributed by atoms with E-state index in [-0.39, 0.29) is 24.2 Å². The highest BCUT2D eigenvalue weighted by Crippen LogP contribution is 2.32. The van der Waals surface area contributed by atoms with E-state index in [1.165, 1.54) is 12.1 Å². The van der Waals surface area contributed by atoms with Crippen molar-refractivity contribution in [1.29, 1.82) is 0 Å². The second-order valence-corrected chi connectivity index (χ2v) is 9.90. The van der Waals surface area contributed by atoms with E-state index >= 15 is 0 Å². The molecule has 2 amide bonds. The molecule has 40 heavy (non-hydrogen) atoms. The van der Waals surface area contributed by atoms with Crippen molar-refractivity contribution in [3.05, 3.63) is 90.0 Å². The number of carbonyl (C=O) groups excluding carboxylic acids is 2. The highest BCUT2D eigenvalue weighted by atomic mass is 19.1. The highest BCUT2D eigenvalue weighted by molar-refractivity contribution is 6.03. The molecule has 8 nitrogen and oxygen atoms in total. The number of hydrogen-bond donors (Lipinski definition) is 4. The van der Waals surface area contributed by atoms with Crippen molar-refractivity contribution in [3.8, 4) is 11.1 Å². The minimum Gasteiger partial charge on any atom is -0.378 e. The van der Waals surface area contributed by atoms with Crippen LogP contribution in [0.3, 0.4) is 0 Å². The zero-order valence-corrected chi connectivity index (χ0v) is 21.9. The van der Waals surface area contributed by atoms with Crippen molar-refractivity contribution < 1.29 is 18.7 Å². The summed E-state index contributed by atoms with van der Waals surface area (Å²) in [4.78, 5) is 34.0. The van der Waals surface area contributed by atoms with Gasteiger partial charge in [-0.2, -0.15) is 0 Å². The molecule has 0 saturated carbocycles. The van der Waals surface area contributed by atoms with Gasteiger partial charge in [0.25, 0.3) is 5.91 Å². The van der Waals surface area contributed by atoms with Gasteiger partial charge in [0.1, 0.15) is 5.82 Å². The molecule has 9 heteroatoms. The minimum absolute atomic E-state index is 0.138. The number of rotatable bonds is 8.